The largest absolute Gasteiger partial charge is 0.341 e. The Kier molecular flexibility index (Phi) is 8.72. The Labute approximate surface area is 271 Å². The minimum absolute atomic E-state index is 0.00636. The fraction of sp³-hybridized carbons (Fsp3) is 0.556. The Bertz CT molecular complexity index is 1500. The molecule has 0 aliphatic carbocycles. The van der Waals surface area contributed by atoms with E-state index in [0.717, 1.165) is 66.0 Å². The maximum absolute atomic E-state index is 14.2. The molecule has 1 unspecified atom stereocenters. The zero-order valence-electron chi connectivity index (χ0n) is 27.0. The van der Waals surface area contributed by atoms with Crippen LogP contribution in [0.25, 0.3) is 0 Å². The molecule has 5 aliphatic rings. The van der Waals surface area contributed by atoms with Crippen molar-refractivity contribution < 1.29 is 14.4 Å². The van der Waals surface area contributed by atoms with Gasteiger partial charge in [0.25, 0.3) is 0 Å². The Balaban J connectivity index is 1.05. The van der Waals surface area contributed by atoms with E-state index >= 15 is 0 Å². The summed E-state index contributed by atoms with van der Waals surface area (Å²) in [5.41, 5.74) is 9.21. The van der Waals surface area contributed by atoms with Crippen molar-refractivity contribution in [3.8, 4) is 0 Å². The van der Waals surface area contributed by atoms with E-state index in [0.29, 0.717) is 44.8 Å². The monoisotopic (exact) mass is 625 g/mol. The number of aryl methyl sites for hydroxylation is 1. The van der Waals surface area contributed by atoms with E-state index in [1.54, 1.807) is 0 Å². The molecule has 3 saturated heterocycles. The smallest absolute Gasteiger partial charge is 0.318 e. The van der Waals surface area contributed by atoms with Crippen LogP contribution < -0.4 is 16.1 Å². The first kappa shape index (κ1) is 30.7. The van der Waals surface area contributed by atoms with Crippen molar-refractivity contribution in [2.45, 2.75) is 88.6 Å². The van der Waals surface area contributed by atoms with Crippen molar-refractivity contribution in [1.29, 1.82) is 0 Å². The number of benzene rings is 2. The predicted octanol–water partition coefficient (Wildman–Crippen LogP) is 4.42. The summed E-state index contributed by atoms with van der Waals surface area (Å²) in [5, 5.41) is 10.4. The number of anilines is 2. The first-order valence-corrected chi connectivity index (χ1v) is 17.3. The summed E-state index contributed by atoms with van der Waals surface area (Å²) in [6.07, 6.45) is 10.7. The number of amides is 4. The molecule has 1 spiro atoms. The van der Waals surface area contributed by atoms with Gasteiger partial charge in [-0.05, 0) is 86.9 Å². The van der Waals surface area contributed by atoms with E-state index in [1.807, 2.05) is 34.2 Å². The van der Waals surface area contributed by atoms with Crippen molar-refractivity contribution >= 4 is 35.4 Å². The van der Waals surface area contributed by atoms with Crippen LogP contribution >= 0.6 is 0 Å². The first-order valence-electron chi connectivity index (χ1n) is 17.3. The molecular formula is C36H47N7O3. The second-order valence-corrected chi connectivity index (χ2v) is 14.0. The highest BCUT2D eigenvalue weighted by Crippen LogP contribution is 2.45. The number of urea groups is 1. The third-order valence-electron chi connectivity index (χ3n) is 11.1. The van der Waals surface area contributed by atoms with Crippen molar-refractivity contribution in [3.63, 3.8) is 0 Å². The molecule has 0 bridgehead atoms. The summed E-state index contributed by atoms with van der Waals surface area (Å²) in [5.74, 6) is 0.0417. The lowest BCUT2D eigenvalue weighted by Crippen LogP contribution is -2.57. The molecule has 0 aromatic heterocycles. The summed E-state index contributed by atoms with van der Waals surface area (Å²) in [7, 11) is 0. The normalized spacial score (nSPS) is 22.0. The van der Waals surface area contributed by atoms with Gasteiger partial charge in [-0.15, -0.1) is 0 Å². The molecule has 2 aromatic rings. The molecule has 1 atom stereocenters. The summed E-state index contributed by atoms with van der Waals surface area (Å²) in [4.78, 5) is 47.1. The highest BCUT2D eigenvalue weighted by atomic mass is 16.2. The van der Waals surface area contributed by atoms with Gasteiger partial charge in [0.15, 0.2) is 0 Å². The summed E-state index contributed by atoms with van der Waals surface area (Å²) in [6.45, 7) is 6.93. The standard InChI is InChI=1S/C36H47N7O3/c1-25-21-26(22-27-9-14-37-40-33(25)27)23-31(34(45)42-17-10-28(11-18-42)41-15-5-2-6-16-41)39-35(46)43-19-12-36(13-20-43)24-32(44)38-30-8-4-3-7-29(30)36/h3-4,7-8,14,21-22,28,31,40H,2,5-6,9-13,15-20,23-24H2,1H3,(H,38,44)(H,39,46). The summed E-state index contributed by atoms with van der Waals surface area (Å²) >= 11 is 0. The third-order valence-corrected chi connectivity index (χ3v) is 11.1. The molecular weight excluding hydrogens is 578 g/mol. The van der Waals surface area contributed by atoms with Crippen LogP contribution in [0.1, 0.15) is 73.6 Å². The molecule has 0 radical (unpaired) electrons. The Morgan fingerprint density at radius 2 is 1.76 bits per heavy atom. The van der Waals surface area contributed by atoms with E-state index in [9.17, 15) is 14.4 Å². The number of carbonyl (C=O) groups excluding carboxylic acids is 3. The number of fused-ring (bicyclic) bond motifs is 3. The molecule has 5 aliphatic heterocycles. The molecule has 7 rings (SSSR count). The quantitative estimate of drug-likeness (QED) is 0.456. The second-order valence-electron chi connectivity index (χ2n) is 14.0. The van der Waals surface area contributed by atoms with Gasteiger partial charge < -0.3 is 25.3 Å². The van der Waals surface area contributed by atoms with Crippen LogP contribution in [0.5, 0.6) is 0 Å². The predicted molar refractivity (Wildman–Crippen MR) is 180 cm³/mol. The molecule has 0 saturated carbocycles. The fourth-order valence-corrected chi connectivity index (χ4v) is 8.50. The Hall–Kier alpha value is -3.92. The Morgan fingerprint density at radius 1 is 1.00 bits per heavy atom. The maximum Gasteiger partial charge on any atom is 0.318 e. The average molecular weight is 626 g/mol. The number of para-hydroxylation sites is 1. The van der Waals surface area contributed by atoms with Gasteiger partial charge in [0.1, 0.15) is 6.04 Å². The number of hydrogen-bond acceptors (Lipinski definition) is 6. The topological polar surface area (TPSA) is 109 Å². The van der Waals surface area contributed by atoms with E-state index in [2.05, 4.69) is 51.2 Å². The number of piperidine rings is 3. The number of carbonyl (C=O) groups is 3. The van der Waals surface area contributed by atoms with Gasteiger partial charge in [0, 0.05) is 68.8 Å². The molecule has 10 nitrogen and oxygen atoms in total. The van der Waals surface area contributed by atoms with E-state index < -0.39 is 6.04 Å². The summed E-state index contributed by atoms with van der Waals surface area (Å²) < 4.78 is 0. The zero-order chi connectivity index (χ0) is 31.7. The lowest BCUT2D eigenvalue weighted by atomic mass is 9.68. The number of rotatable bonds is 5. The fourth-order valence-electron chi connectivity index (χ4n) is 8.50. The molecule has 244 valence electrons. The first-order chi connectivity index (χ1) is 22.4. The van der Waals surface area contributed by atoms with Crippen LogP contribution in [0.4, 0.5) is 16.2 Å². The van der Waals surface area contributed by atoms with Crippen LogP contribution in [0, 0.1) is 6.92 Å². The molecule has 10 heteroatoms. The number of hydrazone groups is 1. The van der Waals surface area contributed by atoms with Gasteiger partial charge in [-0.2, -0.15) is 5.10 Å². The van der Waals surface area contributed by atoms with Crippen LogP contribution in [-0.4, -0.2) is 90.1 Å². The van der Waals surface area contributed by atoms with Crippen LogP contribution in [-0.2, 0) is 27.8 Å². The van der Waals surface area contributed by atoms with Crippen molar-refractivity contribution in [1.82, 2.24) is 20.0 Å². The van der Waals surface area contributed by atoms with E-state index in [1.165, 1.54) is 32.4 Å². The Morgan fingerprint density at radius 3 is 2.54 bits per heavy atom. The molecule has 4 amide bonds. The van der Waals surface area contributed by atoms with E-state index in [4.69, 9.17) is 0 Å². The lowest BCUT2D eigenvalue weighted by Gasteiger charge is -2.45. The molecule has 46 heavy (non-hydrogen) atoms. The van der Waals surface area contributed by atoms with Crippen molar-refractivity contribution in [2.75, 3.05) is 50.0 Å². The SMILES string of the molecule is Cc1cc(CC(NC(=O)N2CCC3(CC2)CC(=O)Nc2ccccc23)C(=O)N2CCC(N3CCCCC3)CC2)cc2c1NN=CC2. The number of likely N-dealkylation sites (tertiary alicyclic amines) is 3. The second kappa shape index (κ2) is 13.1. The maximum atomic E-state index is 14.2. The minimum atomic E-state index is -0.654. The van der Waals surface area contributed by atoms with Gasteiger partial charge in [0.2, 0.25) is 11.8 Å². The molecule has 3 fully saturated rings. The van der Waals surface area contributed by atoms with Gasteiger partial charge in [-0.3, -0.25) is 15.0 Å². The highest BCUT2D eigenvalue weighted by Gasteiger charge is 2.43. The van der Waals surface area contributed by atoms with Crippen molar-refractivity contribution in [3.05, 3.63) is 58.7 Å². The molecule has 3 N–H and O–H groups in total. The van der Waals surface area contributed by atoms with E-state index in [-0.39, 0.29) is 23.3 Å². The van der Waals surface area contributed by atoms with Crippen LogP contribution in [0.15, 0.2) is 41.5 Å². The van der Waals surface area contributed by atoms with Gasteiger partial charge in [-0.25, -0.2) is 4.79 Å². The molecule has 2 aromatic carbocycles. The summed E-state index contributed by atoms with van der Waals surface area (Å²) in [6, 6.07) is 12.0. The molecule has 5 heterocycles. The third kappa shape index (κ3) is 6.24. The van der Waals surface area contributed by atoms with Gasteiger partial charge in [0.05, 0.1) is 5.69 Å². The van der Waals surface area contributed by atoms with Crippen LogP contribution in [0.2, 0.25) is 0 Å². The van der Waals surface area contributed by atoms with Gasteiger partial charge in [-0.1, -0.05) is 36.8 Å². The van der Waals surface area contributed by atoms with Gasteiger partial charge >= 0.3 is 6.03 Å². The average Bonchev–Trinajstić information content (AvgIpc) is 3.08. The number of nitrogens with one attached hydrogen (secondary N) is 3. The highest BCUT2D eigenvalue weighted by molar-refractivity contribution is 5.95. The van der Waals surface area contributed by atoms with Crippen LogP contribution in [0.3, 0.4) is 0 Å². The number of nitrogens with zero attached hydrogens (tertiary/aromatic N) is 4. The van der Waals surface area contributed by atoms with Crippen molar-refractivity contribution in [2.24, 2.45) is 5.10 Å². The number of hydrogen-bond donors (Lipinski definition) is 3. The zero-order valence-corrected chi connectivity index (χ0v) is 27.0. The lowest BCUT2D eigenvalue weighted by molar-refractivity contribution is -0.135. The minimum Gasteiger partial charge on any atom is -0.341 e.